The maximum absolute atomic E-state index is 16.0. The van der Waals surface area contributed by atoms with Gasteiger partial charge in [-0.2, -0.15) is 0 Å². The molecule has 0 bridgehead atoms. The van der Waals surface area contributed by atoms with E-state index in [1.807, 2.05) is 0 Å². The van der Waals surface area contributed by atoms with Gasteiger partial charge in [-0.25, -0.2) is 18.8 Å². The SMILES string of the molecule is C=CC(=O)N1[C@H](C(=O)OC)C[C@H](C(=O)N2[C@@H](C(=O)OC)C[C@@H](C(=O)N3[C@H](C(=O)OC)C[C@H](C(=O)O[C@@H]4C[C@H](C)CC[C@H]4C(C)C)[C@@H]3c3cccc(F)c3)[C@H]2c2cccc(Cl)c2)[C@@H]1c1cccc(Br)c1. The Labute approximate surface area is 414 Å². The molecule has 14 nitrogen and oxygen atoms in total. The molecule has 17 heteroatoms. The Balaban J connectivity index is 1.38. The highest BCUT2D eigenvalue weighted by Crippen LogP contribution is 2.52. The van der Waals surface area contributed by atoms with Crippen molar-refractivity contribution in [2.75, 3.05) is 21.3 Å². The smallest absolute Gasteiger partial charge is 0.328 e. The molecule has 1 saturated carbocycles. The van der Waals surface area contributed by atoms with Crippen LogP contribution in [-0.2, 0) is 52.5 Å². The summed E-state index contributed by atoms with van der Waals surface area (Å²) in [4.78, 5) is 106. The van der Waals surface area contributed by atoms with Crippen LogP contribution in [-0.4, -0.2) is 102 Å². The van der Waals surface area contributed by atoms with Crippen LogP contribution in [0.25, 0.3) is 0 Å². The number of benzene rings is 3. The monoisotopic (exact) mass is 1030 g/mol. The number of hydrogen-bond acceptors (Lipinski definition) is 11. The third-order valence-electron chi connectivity index (χ3n) is 14.6. The van der Waals surface area contributed by atoms with E-state index in [4.69, 9.17) is 30.5 Å². The van der Waals surface area contributed by atoms with Crippen LogP contribution in [0.15, 0.2) is 89.9 Å². The van der Waals surface area contributed by atoms with Crippen molar-refractivity contribution in [2.24, 2.45) is 35.5 Å². The number of esters is 4. The fraction of sp³-hybridized carbons (Fsp3) is 0.481. The molecule has 69 heavy (non-hydrogen) atoms. The number of amides is 3. The highest BCUT2D eigenvalue weighted by atomic mass is 79.9. The summed E-state index contributed by atoms with van der Waals surface area (Å²) >= 11 is 10.1. The number of rotatable bonds is 12. The summed E-state index contributed by atoms with van der Waals surface area (Å²) in [5, 5.41) is 0.236. The zero-order valence-electron chi connectivity index (χ0n) is 39.4. The number of carbonyl (C=O) groups excluding carboxylic acids is 7. The van der Waals surface area contributed by atoms with Gasteiger partial charge in [-0.1, -0.05) is 97.7 Å². The lowest BCUT2D eigenvalue weighted by Gasteiger charge is -2.38. The van der Waals surface area contributed by atoms with Gasteiger partial charge in [-0.05, 0) is 109 Å². The quantitative estimate of drug-likeness (QED) is 0.0977. The summed E-state index contributed by atoms with van der Waals surface area (Å²) in [6.45, 7) is 9.92. The third-order valence-corrected chi connectivity index (χ3v) is 15.3. The van der Waals surface area contributed by atoms with Crippen molar-refractivity contribution >= 4 is 69.1 Å². The molecular weight excluding hydrogens is 977 g/mol. The number of nitrogens with zero attached hydrogens (tertiary/aromatic N) is 3. The second-order valence-corrected chi connectivity index (χ2v) is 20.2. The van der Waals surface area contributed by atoms with Gasteiger partial charge in [0.15, 0.2) is 0 Å². The predicted molar refractivity (Wildman–Crippen MR) is 254 cm³/mol. The number of carbonyl (C=O) groups is 7. The van der Waals surface area contributed by atoms with Crippen molar-refractivity contribution < 1.29 is 56.9 Å². The molecule has 3 saturated heterocycles. The van der Waals surface area contributed by atoms with Crippen molar-refractivity contribution in [3.63, 3.8) is 0 Å². The highest BCUT2D eigenvalue weighted by Gasteiger charge is 2.60. The molecule has 4 fully saturated rings. The minimum Gasteiger partial charge on any atom is -0.467 e. The topological polar surface area (TPSA) is 166 Å². The molecule has 0 unspecified atom stereocenters. The molecule has 12 atom stereocenters. The minimum atomic E-state index is -1.45. The first-order chi connectivity index (χ1) is 32.9. The molecule has 0 radical (unpaired) electrons. The van der Waals surface area contributed by atoms with E-state index in [0.29, 0.717) is 22.0 Å². The Morgan fingerprint density at radius 2 is 1.14 bits per heavy atom. The number of likely N-dealkylation sites (tertiary alicyclic amines) is 3. The Morgan fingerprint density at radius 1 is 0.667 bits per heavy atom. The Kier molecular flexibility index (Phi) is 16.0. The van der Waals surface area contributed by atoms with Crippen LogP contribution in [0, 0.1) is 41.3 Å². The maximum Gasteiger partial charge on any atom is 0.328 e. The zero-order chi connectivity index (χ0) is 50.0. The van der Waals surface area contributed by atoms with Crippen molar-refractivity contribution in [2.45, 2.75) is 102 Å². The average molecular weight is 1040 g/mol. The van der Waals surface area contributed by atoms with Crippen molar-refractivity contribution in [1.29, 1.82) is 0 Å². The molecule has 3 aliphatic heterocycles. The summed E-state index contributed by atoms with van der Waals surface area (Å²) in [6.07, 6.45) is 2.23. The first kappa shape index (κ1) is 51.2. The normalized spacial score (nSPS) is 28.8. The molecular formula is C52H58BrClFN3O11. The van der Waals surface area contributed by atoms with Crippen LogP contribution in [0.2, 0.25) is 5.02 Å². The average Bonchev–Trinajstić information content (AvgIpc) is 4.06. The predicted octanol–water partition coefficient (Wildman–Crippen LogP) is 8.13. The number of hydrogen-bond donors (Lipinski definition) is 0. The molecule has 3 amide bonds. The van der Waals surface area contributed by atoms with Crippen molar-refractivity contribution in [3.8, 4) is 0 Å². The molecule has 3 aromatic rings. The molecule has 4 aliphatic rings. The van der Waals surface area contributed by atoms with Crippen LogP contribution in [0.3, 0.4) is 0 Å². The maximum atomic E-state index is 16.0. The molecule has 0 aromatic heterocycles. The summed E-state index contributed by atoms with van der Waals surface area (Å²) < 4.78 is 38.1. The van der Waals surface area contributed by atoms with E-state index in [2.05, 4.69) is 43.3 Å². The van der Waals surface area contributed by atoms with Gasteiger partial charge < -0.3 is 33.6 Å². The Bertz CT molecular complexity index is 2490. The fourth-order valence-electron chi connectivity index (χ4n) is 11.4. The van der Waals surface area contributed by atoms with Crippen molar-refractivity contribution in [1.82, 2.24) is 14.7 Å². The van der Waals surface area contributed by atoms with Gasteiger partial charge in [0.05, 0.1) is 57.2 Å². The minimum absolute atomic E-state index is 0.0665. The fourth-order valence-corrected chi connectivity index (χ4v) is 12.1. The van der Waals surface area contributed by atoms with E-state index in [1.54, 1.807) is 54.6 Å². The highest BCUT2D eigenvalue weighted by molar-refractivity contribution is 9.10. The van der Waals surface area contributed by atoms with Crippen LogP contribution >= 0.6 is 27.5 Å². The second kappa shape index (κ2) is 21.6. The number of methoxy groups -OCH3 is 3. The summed E-state index contributed by atoms with van der Waals surface area (Å²) in [5.74, 6) is -9.11. The van der Waals surface area contributed by atoms with Crippen LogP contribution < -0.4 is 0 Å². The van der Waals surface area contributed by atoms with Crippen LogP contribution in [0.5, 0.6) is 0 Å². The Hall–Kier alpha value is -5.61. The van der Waals surface area contributed by atoms with E-state index in [0.717, 1.165) is 33.1 Å². The van der Waals surface area contributed by atoms with Gasteiger partial charge in [0.25, 0.3) is 0 Å². The lowest BCUT2D eigenvalue weighted by Crippen LogP contribution is -2.48. The largest absolute Gasteiger partial charge is 0.467 e. The van der Waals surface area contributed by atoms with Gasteiger partial charge in [0.1, 0.15) is 30.0 Å². The lowest BCUT2D eigenvalue weighted by molar-refractivity contribution is -0.162. The number of ether oxygens (including phenoxy) is 4. The van der Waals surface area contributed by atoms with E-state index >= 15 is 14.0 Å². The van der Waals surface area contributed by atoms with E-state index in [-0.39, 0.29) is 47.6 Å². The van der Waals surface area contributed by atoms with E-state index in [9.17, 15) is 24.0 Å². The van der Waals surface area contributed by atoms with E-state index < -0.39 is 108 Å². The molecule has 0 spiro atoms. The van der Waals surface area contributed by atoms with Gasteiger partial charge in [-0.3, -0.25) is 19.2 Å². The molecule has 368 valence electrons. The standard InChI is InChI=1S/C52H58BrClFN3O11/c1-8-43(59)56-39(50(63)66-5)24-36(44(56)29-12-9-15-32(53)21-29)47(60)57-40(51(64)67-6)25-37(45(57)30-13-10-16-33(54)22-30)48(61)58-41(52(65)68-7)26-38(46(58)31-14-11-17-34(55)23-31)49(62)69-42-20-28(4)18-19-35(42)27(2)3/h8-17,21-23,27-28,35-42,44-46H,1,18-20,24-26H2,2-7H3/t28-,35+,36+,37-,38+,39+,40-,41+,42-,44+,45-,46+/m1/s1. The van der Waals surface area contributed by atoms with Gasteiger partial charge >= 0.3 is 23.9 Å². The first-order valence-corrected chi connectivity index (χ1v) is 24.4. The van der Waals surface area contributed by atoms with Gasteiger partial charge in [-0.15, -0.1) is 0 Å². The van der Waals surface area contributed by atoms with E-state index in [1.165, 1.54) is 40.0 Å². The van der Waals surface area contributed by atoms with Crippen LogP contribution in [0.1, 0.15) is 94.1 Å². The molecule has 1 aliphatic carbocycles. The molecule has 7 rings (SSSR count). The van der Waals surface area contributed by atoms with Crippen molar-refractivity contribution in [3.05, 3.63) is 117 Å². The summed E-state index contributed by atoms with van der Waals surface area (Å²) in [7, 11) is 3.47. The zero-order valence-corrected chi connectivity index (χ0v) is 41.8. The summed E-state index contributed by atoms with van der Waals surface area (Å²) in [5.41, 5.74) is 1.02. The van der Waals surface area contributed by atoms with Gasteiger partial charge in [0.2, 0.25) is 17.7 Å². The molecule has 0 N–H and O–H groups in total. The second-order valence-electron chi connectivity index (χ2n) is 18.9. The van der Waals surface area contributed by atoms with Gasteiger partial charge in [0, 0.05) is 9.50 Å². The number of halogens is 3. The first-order valence-electron chi connectivity index (χ1n) is 23.2. The molecule has 3 heterocycles. The molecule has 3 aromatic carbocycles. The Morgan fingerprint density at radius 3 is 1.65 bits per heavy atom. The third kappa shape index (κ3) is 10.2. The van der Waals surface area contributed by atoms with Crippen LogP contribution in [0.4, 0.5) is 4.39 Å². The lowest BCUT2D eigenvalue weighted by atomic mass is 9.75. The summed E-state index contributed by atoms with van der Waals surface area (Å²) in [6, 6.07) is 11.0.